The number of nitrogens with zero attached hydrogens (tertiary/aromatic N) is 3. The molecule has 0 spiro atoms. The Morgan fingerprint density at radius 3 is 2.57 bits per heavy atom. The molecule has 6 nitrogen and oxygen atoms in total. The number of carboxylic acids is 1. The van der Waals surface area contributed by atoms with E-state index in [2.05, 4.69) is 25.8 Å². The number of benzene rings is 1. The zero-order chi connectivity index (χ0) is 16.6. The molecule has 23 heavy (non-hydrogen) atoms. The van der Waals surface area contributed by atoms with Crippen molar-refractivity contribution in [2.24, 2.45) is 5.41 Å². The number of aromatic amines is 1. The summed E-state index contributed by atoms with van der Waals surface area (Å²) in [5.74, 6) is -0.736. The molecule has 1 aromatic carbocycles. The van der Waals surface area contributed by atoms with Gasteiger partial charge in [-0.15, -0.1) is 0 Å². The molecule has 2 heterocycles. The van der Waals surface area contributed by atoms with Crippen LogP contribution in [0.4, 0.5) is 5.69 Å². The van der Waals surface area contributed by atoms with Crippen LogP contribution in [0.1, 0.15) is 20.8 Å². The lowest BCUT2D eigenvalue weighted by Gasteiger charge is -2.43. The Morgan fingerprint density at radius 2 is 1.96 bits per heavy atom. The summed E-state index contributed by atoms with van der Waals surface area (Å²) in [6.07, 6.45) is 1.71. The van der Waals surface area contributed by atoms with E-state index in [1.165, 1.54) is 0 Å². The topological polar surface area (TPSA) is 72.5 Å². The average Bonchev–Trinajstić information content (AvgIpc) is 2.94. The predicted octanol–water partition coefficient (Wildman–Crippen LogP) is 2.18. The number of fused-ring (bicyclic) bond motifs is 1. The fourth-order valence-electron chi connectivity index (χ4n) is 3.50. The Kier molecular flexibility index (Phi) is 4.02. The summed E-state index contributed by atoms with van der Waals surface area (Å²) in [7, 11) is 0. The summed E-state index contributed by atoms with van der Waals surface area (Å²) < 4.78 is 0. The van der Waals surface area contributed by atoms with Crippen LogP contribution in [-0.2, 0) is 4.79 Å². The van der Waals surface area contributed by atoms with Crippen LogP contribution in [0.15, 0.2) is 24.5 Å². The van der Waals surface area contributed by atoms with E-state index in [0.717, 1.165) is 42.9 Å². The summed E-state index contributed by atoms with van der Waals surface area (Å²) in [5, 5.41) is 9.59. The van der Waals surface area contributed by atoms with E-state index in [4.69, 9.17) is 0 Å². The number of rotatable bonds is 3. The van der Waals surface area contributed by atoms with Crippen molar-refractivity contribution >= 4 is 22.7 Å². The first-order valence-electron chi connectivity index (χ1n) is 8.02. The Labute approximate surface area is 136 Å². The number of hydrogen-bond acceptors (Lipinski definition) is 4. The van der Waals surface area contributed by atoms with Crippen LogP contribution in [-0.4, -0.2) is 58.2 Å². The minimum absolute atomic E-state index is 0.282. The van der Waals surface area contributed by atoms with Gasteiger partial charge in [-0.3, -0.25) is 9.69 Å². The molecule has 2 aromatic rings. The second-order valence-electron chi connectivity index (χ2n) is 7.21. The molecular weight excluding hydrogens is 292 g/mol. The first-order chi connectivity index (χ1) is 10.9. The van der Waals surface area contributed by atoms with Gasteiger partial charge in [-0.25, -0.2) is 4.98 Å². The number of para-hydroxylation sites is 1. The largest absolute Gasteiger partial charge is 0.480 e. The van der Waals surface area contributed by atoms with Crippen molar-refractivity contribution in [3.63, 3.8) is 0 Å². The Bertz CT molecular complexity index is 696. The highest BCUT2D eigenvalue weighted by Gasteiger charge is 2.37. The first kappa shape index (κ1) is 15.8. The normalized spacial score (nSPS) is 18.3. The van der Waals surface area contributed by atoms with Gasteiger partial charge in [0, 0.05) is 26.2 Å². The van der Waals surface area contributed by atoms with Crippen LogP contribution >= 0.6 is 0 Å². The van der Waals surface area contributed by atoms with Gasteiger partial charge in [-0.2, -0.15) is 0 Å². The SMILES string of the molecule is CC(C)(C)C(C(=O)O)N1CCN(c2cccc3[nH]cnc23)CC1. The maximum atomic E-state index is 11.7. The number of anilines is 1. The third-order valence-electron chi connectivity index (χ3n) is 4.50. The van der Waals surface area contributed by atoms with Gasteiger partial charge >= 0.3 is 5.97 Å². The van der Waals surface area contributed by atoms with Crippen LogP contribution in [0.25, 0.3) is 11.0 Å². The Hall–Kier alpha value is -2.08. The van der Waals surface area contributed by atoms with Crippen LogP contribution in [0, 0.1) is 5.41 Å². The Morgan fingerprint density at radius 1 is 1.26 bits per heavy atom. The number of carbonyl (C=O) groups is 1. The number of aliphatic carboxylic acids is 1. The van der Waals surface area contributed by atoms with E-state index in [1.807, 2.05) is 32.9 Å². The van der Waals surface area contributed by atoms with Gasteiger partial charge in [-0.1, -0.05) is 26.8 Å². The zero-order valence-electron chi connectivity index (χ0n) is 13.9. The van der Waals surface area contributed by atoms with Crippen molar-refractivity contribution in [2.75, 3.05) is 31.1 Å². The van der Waals surface area contributed by atoms with Gasteiger partial charge < -0.3 is 15.0 Å². The predicted molar refractivity (Wildman–Crippen MR) is 90.8 cm³/mol. The summed E-state index contributed by atoms with van der Waals surface area (Å²) in [5.41, 5.74) is 2.84. The quantitative estimate of drug-likeness (QED) is 0.908. The fourth-order valence-corrected chi connectivity index (χ4v) is 3.50. The van der Waals surface area contributed by atoms with Gasteiger partial charge in [0.25, 0.3) is 0 Å². The van der Waals surface area contributed by atoms with E-state index in [1.54, 1.807) is 6.33 Å². The molecule has 3 rings (SSSR count). The molecule has 1 saturated heterocycles. The zero-order valence-corrected chi connectivity index (χ0v) is 13.9. The molecule has 1 aliphatic heterocycles. The number of H-pyrrole nitrogens is 1. The smallest absolute Gasteiger partial charge is 0.321 e. The number of aromatic nitrogens is 2. The molecule has 0 bridgehead atoms. The molecule has 1 fully saturated rings. The number of nitrogens with one attached hydrogen (secondary N) is 1. The Balaban J connectivity index is 1.76. The highest BCUT2D eigenvalue weighted by atomic mass is 16.4. The van der Waals surface area contributed by atoms with Crippen molar-refractivity contribution in [2.45, 2.75) is 26.8 Å². The maximum absolute atomic E-state index is 11.7. The van der Waals surface area contributed by atoms with E-state index in [9.17, 15) is 9.90 Å². The van der Waals surface area contributed by atoms with Gasteiger partial charge in [0.15, 0.2) is 0 Å². The molecule has 0 saturated carbocycles. The maximum Gasteiger partial charge on any atom is 0.321 e. The average molecular weight is 316 g/mol. The van der Waals surface area contributed by atoms with Crippen molar-refractivity contribution < 1.29 is 9.90 Å². The standard InChI is InChI=1S/C17H24N4O2/c1-17(2,3)15(16(22)23)21-9-7-20(8-10-21)13-6-4-5-12-14(13)19-11-18-12/h4-6,11,15H,7-10H2,1-3H3,(H,18,19)(H,22,23). The second kappa shape index (κ2) is 5.85. The second-order valence-corrected chi connectivity index (χ2v) is 7.21. The number of hydrogen-bond donors (Lipinski definition) is 2. The molecule has 1 atom stereocenters. The van der Waals surface area contributed by atoms with Crippen molar-refractivity contribution in [1.82, 2.24) is 14.9 Å². The van der Waals surface area contributed by atoms with Crippen LogP contribution in [0.5, 0.6) is 0 Å². The lowest BCUT2D eigenvalue weighted by molar-refractivity contribution is -0.147. The lowest BCUT2D eigenvalue weighted by Crippen LogP contribution is -2.56. The van der Waals surface area contributed by atoms with E-state index in [-0.39, 0.29) is 5.41 Å². The first-order valence-corrected chi connectivity index (χ1v) is 8.02. The summed E-state index contributed by atoms with van der Waals surface area (Å²) in [6, 6.07) is 5.67. The van der Waals surface area contributed by atoms with Crippen molar-refractivity contribution in [3.8, 4) is 0 Å². The van der Waals surface area contributed by atoms with Gasteiger partial charge in [0.2, 0.25) is 0 Å². The minimum atomic E-state index is -0.736. The van der Waals surface area contributed by atoms with E-state index < -0.39 is 12.0 Å². The van der Waals surface area contributed by atoms with Gasteiger partial charge in [-0.05, 0) is 17.5 Å². The van der Waals surface area contributed by atoms with Crippen LogP contribution in [0.2, 0.25) is 0 Å². The molecule has 1 unspecified atom stereocenters. The molecule has 0 amide bonds. The van der Waals surface area contributed by atoms with Gasteiger partial charge in [0.1, 0.15) is 11.6 Å². The molecule has 0 aliphatic carbocycles. The van der Waals surface area contributed by atoms with E-state index in [0.29, 0.717) is 0 Å². The summed E-state index contributed by atoms with van der Waals surface area (Å²) in [6.45, 7) is 9.08. The molecule has 1 aliphatic rings. The molecule has 1 aromatic heterocycles. The highest BCUT2D eigenvalue weighted by Crippen LogP contribution is 2.29. The number of piperazine rings is 1. The van der Waals surface area contributed by atoms with E-state index >= 15 is 0 Å². The van der Waals surface area contributed by atoms with Crippen LogP contribution < -0.4 is 4.90 Å². The fraction of sp³-hybridized carbons (Fsp3) is 0.529. The monoisotopic (exact) mass is 316 g/mol. The molecular formula is C17H24N4O2. The molecule has 124 valence electrons. The summed E-state index contributed by atoms with van der Waals surface area (Å²) in [4.78, 5) is 23.6. The molecule has 2 N–H and O–H groups in total. The third-order valence-corrected chi connectivity index (χ3v) is 4.50. The van der Waals surface area contributed by atoms with Gasteiger partial charge in [0.05, 0.1) is 17.5 Å². The molecule has 0 radical (unpaired) electrons. The summed E-state index contributed by atoms with van der Waals surface area (Å²) >= 11 is 0. The third kappa shape index (κ3) is 3.03. The van der Waals surface area contributed by atoms with Crippen molar-refractivity contribution in [3.05, 3.63) is 24.5 Å². The lowest BCUT2D eigenvalue weighted by atomic mass is 9.85. The molecule has 6 heteroatoms. The number of carboxylic acid groups (broad SMARTS) is 1. The number of imidazole rings is 1. The highest BCUT2D eigenvalue weighted by molar-refractivity contribution is 5.88. The minimum Gasteiger partial charge on any atom is -0.480 e. The van der Waals surface area contributed by atoms with Crippen LogP contribution in [0.3, 0.4) is 0 Å². The van der Waals surface area contributed by atoms with Crippen molar-refractivity contribution in [1.29, 1.82) is 0 Å².